The molecule has 0 saturated carbocycles. The van der Waals surface area contributed by atoms with Gasteiger partial charge in [0, 0.05) is 17.2 Å². The van der Waals surface area contributed by atoms with Gasteiger partial charge in [-0.3, -0.25) is 4.99 Å². The summed E-state index contributed by atoms with van der Waals surface area (Å²) in [5, 5.41) is 0. The third-order valence-electron chi connectivity index (χ3n) is 3.40. The Balaban J connectivity index is 2.08. The molecule has 18 heavy (non-hydrogen) atoms. The van der Waals surface area contributed by atoms with Gasteiger partial charge >= 0.3 is 0 Å². The Morgan fingerprint density at radius 3 is 2.44 bits per heavy atom. The van der Waals surface area contributed by atoms with Gasteiger partial charge in [0.1, 0.15) is 5.84 Å². The van der Waals surface area contributed by atoms with Crippen LogP contribution in [0.15, 0.2) is 53.5 Å². The number of hydrogen-bond acceptors (Lipinski definition) is 3. The van der Waals surface area contributed by atoms with E-state index in [2.05, 4.69) is 23.2 Å². The quantitative estimate of drug-likeness (QED) is 0.746. The summed E-state index contributed by atoms with van der Waals surface area (Å²) in [7, 11) is 0. The highest BCUT2D eigenvalue weighted by atomic mass is 14.9. The smallest absolute Gasteiger partial charge is 0.125 e. The SMILES string of the molecule is NC1=NCC(c2ccc(N)cc2)c2ccccc21. The number of hydrogen-bond donors (Lipinski definition) is 2. The molecule has 0 amide bonds. The number of anilines is 1. The van der Waals surface area contributed by atoms with Crippen LogP contribution in [-0.2, 0) is 0 Å². The van der Waals surface area contributed by atoms with Gasteiger partial charge in [-0.05, 0) is 23.3 Å². The fourth-order valence-electron chi connectivity index (χ4n) is 2.42. The summed E-state index contributed by atoms with van der Waals surface area (Å²) in [5.74, 6) is 0.909. The second kappa shape index (κ2) is 4.18. The molecule has 2 aromatic carbocycles. The van der Waals surface area contributed by atoms with Crippen molar-refractivity contribution >= 4 is 11.5 Å². The van der Waals surface area contributed by atoms with Gasteiger partial charge in [0.05, 0.1) is 6.54 Å². The first-order chi connectivity index (χ1) is 8.75. The minimum Gasteiger partial charge on any atom is -0.399 e. The summed E-state index contributed by atoms with van der Waals surface area (Å²) in [4.78, 5) is 4.41. The topological polar surface area (TPSA) is 64.4 Å². The summed E-state index contributed by atoms with van der Waals surface area (Å²) in [6.45, 7) is 0.701. The van der Waals surface area contributed by atoms with Gasteiger partial charge < -0.3 is 11.5 Å². The molecule has 3 nitrogen and oxygen atoms in total. The van der Waals surface area contributed by atoms with Crippen molar-refractivity contribution in [1.82, 2.24) is 0 Å². The Bertz CT molecular complexity index is 599. The first kappa shape index (κ1) is 10.8. The molecule has 3 rings (SSSR count). The number of nitrogen functional groups attached to an aromatic ring is 1. The van der Waals surface area contributed by atoms with Gasteiger partial charge in [0.25, 0.3) is 0 Å². The molecule has 0 radical (unpaired) electrons. The molecule has 0 spiro atoms. The molecule has 0 bridgehead atoms. The van der Waals surface area contributed by atoms with Gasteiger partial charge in [0.15, 0.2) is 0 Å². The lowest BCUT2D eigenvalue weighted by Crippen LogP contribution is -2.24. The molecule has 1 unspecified atom stereocenters. The number of benzene rings is 2. The molecular weight excluding hydrogens is 222 g/mol. The van der Waals surface area contributed by atoms with Gasteiger partial charge in [-0.1, -0.05) is 36.4 Å². The van der Waals surface area contributed by atoms with E-state index in [0.717, 1.165) is 11.3 Å². The standard InChI is InChI=1S/C15H15N3/c16-11-7-5-10(6-8-11)14-9-18-15(17)13-4-2-1-3-12(13)14/h1-8,14H,9,16H2,(H2,17,18). The second-order valence-corrected chi connectivity index (χ2v) is 4.53. The van der Waals surface area contributed by atoms with Crippen molar-refractivity contribution in [2.45, 2.75) is 5.92 Å². The molecule has 1 aliphatic heterocycles. The van der Waals surface area contributed by atoms with E-state index in [1.165, 1.54) is 11.1 Å². The maximum Gasteiger partial charge on any atom is 0.125 e. The average molecular weight is 237 g/mol. The summed E-state index contributed by atoms with van der Waals surface area (Å²) < 4.78 is 0. The Kier molecular flexibility index (Phi) is 2.52. The molecule has 3 heteroatoms. The third kappa shape index (κ3) is 1.74. The molecule has 1 aliphatic rings. The lowest BCUT2D eigenvalue weighted by atomic mass is 9.86. The van der Waals surface area contributed by atoms with Crippen molar-refractivity contribution in [2.75, 3.05) is 12.3 Å². The van der Waals surface area contributed by atoms with Crippen LogP contribution in [0, 0.1) is 0 Å². The van der Waals surface area contributed by atoms with Crippen LogP contribution in [0.2, 0.25) is 0 Å². The fourth-order valence-corrected chi connectivity index (χ4v) is 2.42. The first-order valence-corrected chi connectivity index (χ1v) is 6.00. The van der Waals surface area contributed by atoms with Crippen LogP contribution in [0.3, 0.4) is 0 Å². The highest BCUT2D eigenvalue weighted by molar-refractivity contribution is 6.00. The highest BCUT2D eigenvalue weighted by Gasteiger charge is 2.22. The maximum absolute atomic E-state index is 5.94. The van der Waals surface area contributed by atoms with Crippen molar-refractivity contribution in [2.24, 2.45) is 10.7 Å². The Labute approximate surface area is 106 Å². The maximum atomic E-state index is 5.94. The van der Waals surface area contributed by atoms with Crippen molar-refractivity contribution in [3.05, 3.63) is 65.2 Å². The summed E-state index contributed by atoms with van der Waals surface area (Å²) in [5.41, 5.74) is 16.0. The molecule has 0 aliphatic carbocycles. The Morgan fingerprint density at radius 1 is 0.944 bits per heavy atom. The zero-order valence-corrected chi connectivity index (χ0v) is 10.0. The van der Waals surface area contributed by atoms with Crippen LogP contribution in [0.4, 0.5) is 5.69 Å². The predicted octanol–water partition coefficient (Wildman–Crippen LogP) is 2.12. The van der Waals surface area contributed by atoms with Crippen molar-refractivity contribution < 1.29 is 0 Å². The number of nitrogens with two attached hydrogens (primary N) is 2. The molecule has 2 aromatic rings. The van der Waals surface area contributed by atoms with Gasteiger partial charge in [-0.15, -0.1) is 0 Å². The molecule has 0 aromatic heterocycles. The Hall–Kier alpha value is -2.29. The van der Waals surface area contributed by atoms with E-state index >= 15 is 0 Å². The highest BCUT2D eigenvalue weighted by Crippen LogP contribution is 2.31. The van der Waals surface area contributed by atoms with E-state index in [1.807, 2.05) is 30.3 Å². The van der Waals surface area contributed by atoms with E-state index < -0.39 is 0 Å². The minimum atomic E-state index is 0.272. The van der Waals surface area contributed by atoms with E-state index in [-0.39, 0.29) is 5.92 Å². The molecule has 0 saturated heterocycles. The van der Waals surface area contributed by atoms with Gasteiger partial charge in [-0.2, -0.15) is 0 Å². The monoisotopic (exact) mass is 237 g/mol. The zero-order valence-electron chi connectivity index (χ0n) is 10.0. The minimum absolute atomic E-state index is 0.272. The van der Waals surface area contributed by atoms with Crippen LogP contribution >= 0.6 is 0 Å². The van der Waals surface area contributed by atoms with Crippen LogP contribution < -0.4 is 11.5 Å². The predicted molar refractivity (Wildman–Crippen MR) is 74.7 cm³/mol. The summed E-state index contributed by atoms with van der Waals surface area (Å²) in [6.07, 6.45) is 0. The molecule has 90 valence electrons. The number of amidine groups is 1. The average Bonchev–Trinajstić information content (AvgIpc) is 2.41. The number of rotatable bonds is 1. The van der Waals surface area contributed by atoms with E-state index in [1.54, 1.807) is 0 Å². The molecule has 0 fully saturated rings. The fraction of sp³-hybridized carbons (Fsp3) is 0.133. The van der Waals surface area contributed by atoms with Crippen molar-refractivity contribution in [3.63, 3.8) is 0 Å². The molecule has 1 heterocycles. The third-order valence-corrected chi connectivity index (χ3v) is 3.40. The normalized spacial score (nSPS) is 18.0. The molecule has 1 atom stereocenters. The van der Waals surface area contributed by atoms with Crippen molar-refractivity contribution in [3.8, 4) is 0 Å². The number of fused-ring (bicyclic) bond motifs is 1. The van der Waals surface area contributed by atoms with Crippen LogP contribution in [0.1, 0.15) is 22.6 Å². The van der Waals surface area contributed by atoms with Crippen LogP contribution in [-0.4, -0.2) is 12.4 Å². The van der Waals surface area contributed by atoms with Crippen LogP contribution in [0.25, 0.3) is 0 Å². The largest absolute Gasteiger partial charge is 0.399 e. The Morgan fingerprint density at radius 2 is 1.67 bits per heavy atom. The van der Waals surface area contributed by atoms with Crippen LogP contribution in [0.5, 0.6) is 0 Å². The first-order valence-electron chi connectivity index (χ1n) is 6.00. The molecular formula is C15H15N3. The lowest BCUT2D eigenvalue weighted by molar-refractivity contribution is 0.801. The zero-order chi connectivity index (χ0) is 12.5. The number of aliphatic imine (C=N–C) groups is 1. The molecule has 4 N–H and O–H groups in total. The second-order valence-electron chi connectivity index (χ2n) is 4.53. The van der Waals surface area contributed by atoms with E-state index in [0.29, 0.717) is 12.4 Å². The van der Waals surface area contributed by atoms with Crippen molar-refractivity contribution in [1.29, 1.82) is 0 Å². The lowest BCUT2D eigenvalue weighted by Gasteiger charge is -2.23. The van der Waals surface area contributed by atoms with E-state index in [4.69, 9.17) is 11.5 Å². The summed E-state index contributed by atoms with van der Waals surface area (Å²) >= 11 is 0. The summed E-state index contributed by atoms with van der Waals surface area (Å²) in [6, 6.07) is 16.2. The van der Waals surface area contributed by atoms with E-state index in [9.17, 15) is 0 Å². The van der Waals surface area contributed by atoms with Gasteiger partial charge in [-0.25, -0.2) is 0 Å². The number of nitrogens with zero attached hydrogens (tertiary/aromatic N) is 1. The van der Waals surface area contributed by atoms with Gasteiger partial charge in [0.2, 0.25) is 0 Å².